The van der Waals surface area contributed by atoms with Crippen molar-refractivity contribution in [3.05, 3.63) is 29.6 Å². The molecule has 3 heteroatoms. The highest BCUT2D eigenvalue weighted by Gasteiger charge is 2.01. The molecule has 0 radical (unpaired) electrons. The first-order chi connectivity index (χ1) is 6.59. The third kappa shape index (κ3) is 3.42. The molecule has 0 saturated heterocycles. The highest BCUT2D eigenvalue weighted by atomic mass is 32.1. The van der Waals surface area contributed by atoms with E-state index >= 15 is 0 Å². The molecule has 76 valence electrons. The van der Waals surface area contributed by atoms with E-state index in [0.717, 1.165) is 24.1 Å². The molecule has 0 bridgehead atoms. The summed E-state index contributed by atoms with van der Waals surface area (Å²) in [5, 5.41) is 0. The van der Waals surface area contributed by atoms with Crippen LogP contribution < -0.4 is 5.73 Å². The second kappa shape index (κ2) is 5.05. The molecule has 1 aromatic heterocycles. The van der Waals surface area contributed by atoms with Gasteiger partial charge in [0.15, 0.2) is 0 Å². The van der Waals surface area contributed by atoms with Gasteiger partial charge in [-0.3, -0.25) is 4.98 Å². The van der Waals surface area contributed by atoms with Crippen molar-refractivity contribution in [3.63, 3.8) is 0 Å². The zero-order valence-corrected chi connectivity index (χ0v) is 9.47. The Bertz CT molecular complexity index is 321. The Kier molecular flexibility index (Phi) is 4.01. The van der Waals surface area contributed by atoms with Crippen LogP contribution in [-0.4, -0.2) is 9.97 Å². The number of nitrogens with zero attached hydrogens (tertiary/aromatic N) is 1. The molecule has 0 saturated carbocycles. The molecule has 0 unspecified atom stereocenters. The summed E-state index contributed by atoms with van der Waals surface area (Å²) in [5.74, 6) is 0.699. The summed E-state index contributed by atoms with van der Waals surface area (Å²) in [6.07, 6.45) is 3.91. The number of aromatic nitrogens is 1. The second-order valence-electron chi connectivity index (χ2n) is 3.83. The van der Waals surface area contributed by atoms with Gasteiger partial charge in [0.2, 0.25) is 0 Å². The van der Waals surface area contributed by atoms with E-state index in [0.29, 0.717) is 10.9 Å². The van der Waals surface area contributed by atoms with Crippen LogP contribution in [0.1, 0.15) is 31.5 Å². The third-order valence-corrected chi connectivity index (χ3v) is 2.31. The number of thiocarbonyl (C=S) groups is 1. The van der Waals surface area contributed by atoms with Gasteiger partial charge in [0.1, 0.15) is 4.99 Å². The monoisotopic (exact) mass is 208 g/mol. The third-order valence-electron chi connectivity index (χ3n) is 2.08. The fourth-order valence-corrected chi connectivity index (χ4v) is 1.33. The standard InChI is InChI=1S/C11H16N2S/c1-8(2)3-4-10-7-9(11(12)14)5-6-13-10/h5-8H,3-4H2,1-2H3,(H2,12,14). The van der Waals surface area contributed by atoms with Crippen molar-refractivity contribution in [2.24, 2.45) is 11.7 Å². The fraction of sp³-hybridized carbons (Fsp3) is 0.455. The number of hydrogen-bond donors (Lipinski definition) is 1. The lowest BCUT2D eigenvalue weighted by Crippen LogP contribution is -2.10. The molecule has 14 heavy (non-hydrogen) atoms. The second-order valence-corrected chi connectivity index (χ2v) is 4.27. The summed E-state index contributed by atoms with van der Waals surface area (Å²) < 4.78 is 0. The van der Waals surface area contributed by atoms with Crippen LogP contribution in [0, 0.1) is 5.92 Å². The lowest BCUT2D eigenvalue weighted by atomic mass is 10.1. The van der Waals surface area contributed by atoms with E-state index in [1.54, 1.807) is 6.20 Å². The van der Waals surface area contributed by atoms with Crippen molar-refractivity contribution in [2.45, 2.75) is 26.7 Å². The fourth-order valence-electron chi connectivity index (χ4n) is 1.20. The van der Waals surface area contributed by atoms with Crippen LogP contribution >= 0.6 is 12.2 Å². The minimum Gasteiger partial charge on any atom is -0.389 e. The molecule has 0 aromatic carbocycles. The largest absolute Gasteiger partial charge is 0.389 e. The molecular formula is C11H16N2S. The maximum atomic E-state index is 5.54. The lowest BCUT2D eigenvalue weighted by Gasteiger charge is -2.05. The van der Waals surface area contributed by atoms with Crippen molar-refractivity contribution >= 4 is 17.2 Å². The van der Waals surface area contributed by atoms with Gasteiger partial charge in [-0.05, 0) is 30.9 Å². The molecular weight excluding hydrogens is 192 g/mol. The highest BCUT2D eigenvalue weighted by Crippen LogP contribution is 2.08. The van der Waals surface area contributed by atoms with Gasteiger partial charge >= 0.3 is 0 Å². The molecule has 2 nitrogen and oxygen atoms in total. The predicted molar refractivity (Wildman–Crippen MR) is 63.3 cm³/mol. The van der Waals surface area contributed by atoms with Gasteiger partial charge in [-0.25, -0.2) is 0 Å². The molecule has 0 aliphatic carbocycles. The van der Waals surface area contributed by atoms with E-state index in [-0.39, 0.29) is 0 Å². The Morgan fingerprint density at radius 3 is 2.86 bits per heavy atom. The topological polar surface area (TPSA) is 38.9 Å². The van der Waals surface area contributed by atoms with Crippen LogP contribution in [-0.2, 0) is 6.42 Å². The first-order valence-electron chi connectivity index (χ1n) is 4.84. The van der Waals surface area contributed by atoms with Crippen molar-refractivity contribution < 1.29 is 0 Å². The summed E-state index contributed by atoms with van der Waals surface area (Å²) in [6.45, 7) is 4.41. The maximum Gasteiger partial charge on any atom is 0.104 e. The Labute approximate surface area is 90.5 Å². The van der Waals surface area contributed by atoms with E-state index in [1.807, 2.05) is 12.1 Å². The summed E-state index contributed by atoms with van der Waals surface area (Å²) in [7, 11) is 0. The molecule has 0 aliphatic heterocycles. The van der Waals surface area contributed by atoms with E-state index in [4.69, 9.17) is 18.0 Å². The van der Waals surface area contributed by atoms with Gasteiger partial charge < -0.3 is 5.73 Å². The zero-order valence-electron chi connectivity index (χ0n) is 8.66. The average Bonchev–Trinajstić information content (AvgIpc) is 2.15. The van der Waals surface area contributed by atoms with Gasteiger partial charge in [0.05, 0.1) is 0 Å². The highest BCUT2D eigenvalue weighted by molar-refractivity contribution is 7.80. The average molecular weight is 208 g/mol. The molecule has 1 rings (SSSR count). The lowest BCUT2D eigenvalue weighted by molar-refractivity contribution is 0.581. The normalized spacial score (nSPS) is 10.5. The number of rotatable bonds is 4. The number of nitrogens with two attached hydrogens (primary N) is 1. The van der Waals surface area contributed by atoms with E-state index < -0.39 is 0 Å². The Balaban J connectivity index is 2.69. The van der Waals surface area contributed by atoms with E-state index in [9.17, 15) is 0 Å². The molecule has 1 heterocycles. The quantitative estimate of drug-likeness (QED) is 0.772. The van der Waals surface area contributed by atoms with Crippen molar-refractivity contribution in [3.8, 4) is 0 Å². The van der Waals surface area contributed by atoms with Crippen LogP contribution in [0.25, 0.3) is 0 Å². The Morgan fingerprint density at radius 2 is 2.29 bits per heavy atom. The molecule has 2 N–H and O–H groups in total. The van der Waals surface area contributed by atoms with Gasteiger partial charge in [-0.2, -0.15) is 0 Å². The molecule has 0 aliphatic rings. The van der Waals surface area contributed by atoms with E-state index in [1.165, 1.54) is 0 Å². The zero-order chi connectivity index (χ0) is 10.6. The summed E-state index contributed by atoms with van der Waals surface area (Å²) in [4.78, 5) is 4.72. The maximum absolute atomic E-state index is 5.54. The molecule has 1 aromatic rings. The SMILES string of the molecule is CC(C)CCc1cc(C(N)=S)ccn1. The van der Waals surface area contributed by atoms with Crippen LogP contribution in [0.4, 0.5) is 0 Å². The minimum absolute atomic E-state index is 0.443. The first-order valence-corrected chi connectivity index (χ1v) is 5.25. The van der Waals surface area contributed by atoms with Crippen LogP contribution in [0.5, 0.6) is 0 Å². The van der Waals surface area contributed by atoms with Gasteiger partial charge in [-0.1, -0.05) is 26.1 Å². The van der Waals surface area contributed by atoms with E-state index in [2.05, 4.69) is 18.8 Å². The molecule has 0 spiro atoms. The number of pyridine rings is 1. The first kappa shape index (κ1) is 11.1. The number of aryl methyl sites for hydroxylation is 1. The molecule has 0 amide bonds. The Hall–Kier alpha value is -0.960. The predicted octanol–water partition coefficient (Wildman–Crippen LogP) is 2.30. The van der Waals surface area contributed by atoms with Crippen molar-refractivity contribution in [2.75, 3.05) is 0 Å². The van der Waals surface area contributed by atoms with Gasteiger partial charge in [-0.15, -0.1) is 0 Å². The van der Waals surface area contributed by atoms with Crippen LogP contribution in [0.2, 0.25) is 0 Å². The summed E-state index contributed by atoms with van der Waals surface area (Å²) >= 11 is 4.91. The van der Waals surface area contributed by atoms with Crippen LogP contribution in [0.3, 0.4) is 0 Å². The number of hydrogen-bond acceptors (Lipinski definition) is 2. The summed E-state index contributed by atoms with van der Waals surface area (Å²) in [5.41, 5.74) is 7.53. The van der Waals surface area contributed by atoms with Gasteiger partial charge in [0, 0.05) is 17.5 Å². The molecule has 0 fully saturated rings. The minimum atomic E-state index is 0.443. The summed E-state index contributed by atoms with van der Waals surface area (Å²) in [6, 6.07) is 3.83. The van der Waals surface area contributed by atoms with Crippen LogP contribution in [0.15, 0.2) is 18.3 Å². The van der Waals surface area contributed by atoms with Crippen molar-refractivity contribution in [1.29, 1.82) is 0 Å². The molecule has 0 atom stereocenters. The van der Waals surface area contributed by atoms with Crippen molar-refractivity contribution in [1.82, 2.24) is 4.98 Å². The smallest absolute Gasteiger partial charge is 0.104 e. The van der Waals surface area contributed by atoms with Gasteiger partial charge in [0.25, 0.3) is 0 Å². The Morgan fingerprint density at radius 1 is 1.57 bits per heavy atom.